The average Bonchev–Trinajstić information content (AvgIpc) is 2.55. The second-order valence-corrected chi connectivity index (χ2v) is 4.70. The van der Waals surface area contributed by atoms with Gasteiger partial charge in [0, 0.05) is 19.6 Å². The van der Waals surface area contributed by atoms with Crippen LogP contribution in [0.3, 0.4) is 0 Å². The topological polar surface area (TPSA) is 30.3 Å². The van der Waals surface area contributed by atoms with E-state index in [4.69, 9.17) is 5.26 Å². The smallest absolute Gasteiger partial charge is 0.0995 e. The van der Waals surface area contributed by atoms with Crippen LogP contribution in [0, 0.1) is 11.3 Å². The summed E-state index contributed by atoms with van der Waals surface area (Å²) >= 11 is 0. The number of nitrogens with zero attached hydrogens (tertiary/aromatic N) is 3. The van der Waals surface area contributed by atoms with Crippen molar-refractivity contribution in [1.82, 2.24) is 9.80 Å². The molecule has 1 saturated heterocycles. The highest BCUT2D eigenvalue weighted by Gasteiger charge is 2.13. The van der Waals surface area contributed by atoms with Crippen molar-refractivity contribution >= 4 is 0 Å². The first-order valence-corrected chi connectivity index (χ1v) is 6.18. The Labute approximate surface area is 103 Å². The van der Waals surface area contributed by atoms with E-state index in [-0.39, 0.29) is 0 Å². The molecular formula is C14H19N3. The lowest BCUT2D eigenvalue weighted by Gasteiger charge is -2.20. The first-order chi connectivity index (χ1) is 8.29. The van der Waals surface area contributed by atoms with Crippen molar-refractivity contribution in [2.24, 2.45) is 0 Å². The third-order valence-corrected chi connectivity index (χ3v) is 3.34. The average molecular weight is 229 g/mol. The first kappa shape index (κ1) is 12.1. The maximum atomic E-state index is 9.07. The maximum Gasteiger partial charge on any atom is 0.0995 e. The molecule has 0 aliphatic carbocycles. The second-order valence-electron chi connectivity index (χ2n) is 4.70. The summed E-state index contributed by atoms with van der Waals surface area (Å²) in [6.07, 6.45) is 1.21. The molecule has 0 bridgehead atoms. The van der Waals surface area contributed by atoms with Gasteiger partial charge in [-0.1, -0.05) is 18.2 Å². The Morgan fingerprint density at radius 1 is 1.18 bits per heavy atom. The molecule has 2 rings (SSSR count). The molecule has 0 unspecified atom stereocenters. The molecule has 90 valence electrons. The van der Waals surface area contributed by atoms with Gasteiger partial charge < -0.3 is 4.90 Å². The van der Waals surface area contributed by atoms with Crippen LogP contribution in [0.5, 0.6) is 0 Å². The molecule has 3 nitrogen and oxygen atoms in total. The van der Waals surface area contributed by atoms with E-state index in [9.17, 15) is 0 Å². The molecule has 1 heterocycles. The number of likely N-dealkylation sites (N-methyl/N-ethyl adjacent to an activating group) is 1. The van der Waals surface area contributed by atoms with Gasteiger partial charge in [0.25, 0.3) is 0 Å². The first-order valence-electron chi connectivity index (χ1n) is 6.18. The van der Waals surface area contributed by atoms with Gasteiger partial charge in [-0.15, -0.1) is 0 Å². The van der Waals surface area contributed by atoms with Crippen LogP contribution in [-0.4, -0.2) is 43.0 Å². The molecule has 0 amide bonds. The third-order valence-electron chi connectivity index (χ3n) is 3.34. The van der Waals surface area contributed by atoms with E-state index in [2.05, 4.69) is 29.0 Å². The van der Waals surface area contributed by atoms with E-state index < -0.39 is 0 Å². The van der Waals surface area contributed by atoms with E-state index in [1.807, 2.05) is 18.2 Å². The maximum absolute atomic E-state index is 9.07. The van der Waals surface area contributed by atoms with Crippen LogP contribution < -0.4 is 0 Å². The molecule has 0 spiro atoms. The van der Waals surface area contributed by atoms with Gasteiger partial charge in [-0.3, -0.25) is 4.90 Å². The number of benzene rings is 1. The zero-order valence-electron chi connectivity index (χ0n) is 10.4. The van der Waals surface area contributed by atoms with Crippen molar-refractivity contribution in [2.75, 3.05) is 33.2 Å². The number of nitriles is 1. The van der Waals surface area contributed by atoms with Gasteiger partial charge in [0.05, 0.1) is 11.6 Å². The molecular weight excluding hydrogens is 210 g/mol. The summed E-state index contributed by atoms with van der Waals surface area (Å²) < 4.78 is 0. The summed E-state index contributed by atoms with van der Waals surface area (Å²) in [6.45, 7) is 5.42. The largest absolute Gasteiger partial charge is 0.305 e. The fourth-order valence-electron chi connectivity index (χ4n) is 2.27. The Morgan fingerprint density at radius 2 is 2.00 bits per heavy atom. The van der Waals surface area contributed by atoms with Crippen LogP contribution in [0.1, 0.15) is 17.5 Å². The SMILES string of the molecule is CN1CCCN(Cc2ccccc2C#N)CC1. The summed E-state index contributed by atoms with van der Waals surface area (Å²) in [5.74, 6) is 0. The quantitative estimate of drug-likeness (QED) is 0.773. The second kappa shape index (κ2) is 5.81. The Hall–Kier alpha value is -1.37. The zero-order chi connectivity index (χ0) is 12.1. The fourth-order valence-corrected chi connectivity index (χ4v) is 2.27. The Balaban J connectivity index is 2.03. The van der Waals surface area contributed by atoms with Crippen molar-refractivity contribution < 1.29 is 0 Å². The van der Waals surface area contributed by atoms with Crippen LogP contribution in [0.2, 0.25) is 0 Å². The highest BCUT2D eigenvalue weighted by Crippen LogP contribution is 2.12. The summed E-state index contributed by atoms with van der Waals surface area (Å²) in [7, 11) is 2.17. The lowest BCUT2D eigenvalue weighted by atomic mass is 10.1. The molecule has 0 N–H and O–H groups in total. The van der Waals surface area contributed by atoms with E-state index in [1.54, 1.807) is 0 Å². The fraction of sp³-hybridized carbons (Fsp3) is 0.500. The van der Waals surface area contributed by atoms with Gasteiger partial charge >= 0.3 is 0 Å². The summed E-state index contributed by atoms with van der Waals surface area (Å²) in [5.41, 5.74) is 1.96. The van der Waals surface area contributed by atoms with Gasteiger partial charge in [0.15, 0.2) is 0 Å². The molecule has 0 atom stereocenters. The van der Waals surface area contributed by atoms with Crippen molar-refractivity contribution in [3.05, 3.63) is 35.4 Å². The molecule has 17 heavy (non-hydrogen) atoms. The number of hydrogen-bond donors (Lipinski definition) is 0. The minimum absolute atomic E-state index is 0.810. The third kappa shape index (κ3) is 3.29. The molecule has 0 saturated carbocycles. The lowest BCUT2D eigenvalue weighted by Crippen LogP contribution is -2.28. The molecule has 1 fully saturated rings. The summed E-state index contributed by atoms with van der Waals surface area (Å²) in [5, 5.41) is 9.07. The molecule has 3 heteroatoms. The van der Waals surface area contributed by atoms with Crippen LogP contribution in [0.25, 0.3) is 0 Å². The van der Waals surface area contributed by atoms with Crippen molar-refractivity contribution in [2.45, 2.75) is 13.0 Å². The molecule has 0 radical (unpaired) electrons. The van der Waals surface area contributed by atoms with Gasteiger partial charge in [-0.2, -0.15) is 5.26 Å². The van der Waals surface area contributed by atoms with Gasteiger partial charge in [-0.25, -0.2) is 0 Å². The lowest BCUT2D eigenvalue weighted by molar-refractivity contribution is 0.269. The van der Waals surface area contributed by atoms with Gasteiger partial charge in [0.1, 0.15) is 0 Å². The van der Waals surface area contributed by atoms with Crippen molar-refractivity contribution in [3.63, 3.8) is 0 Å². The minimum atomic E-state index is 0.810. The van der Waals surface area contributed by atoms with E-state index in [1.165, 1.54) is 13.0 Å². The van der Waals surface area contributed by atoms with Crippen LogP contribution >= 0.6 is 0 Å². The van der Waals surface area contributed by atoms with Crippen LogP contribution in [-0.2, 0) is 6.54 Å². The molecule has 1 aliphatic heterocycles. The van der Waals surface area contributed by atoms with Gasteiger partial charge in [-0.05, 0) is 38.2 Å². The Bertz CT molecular complexity index is 408. The van der Waals surface area contributed by atoms with Gasteiger partial charge in [0.2, 0.25) is 0 Å². The van der Waals surface area contributed by atoms with Crippen LogP contribution in [0.15, 0.2) is 24.3 Å². The highest BCUT2D eigenvalue weighted by molar-refractivity contribution is 5.37. The standard InChI is InChI=1S/C14H19N3/c1-16-7-4-8-17(10-9-16)12-14-6-3-2-5-13(14)11-15/h2-3,5-6H,4,7-10,12H2,1H3. The minimum Gasteiger partial charge on any atom is -0.305 e. The number of hydrogen-bond acceptors (Lipinski definition) is 3. The van der Waals surface area contributed by atoms with Crippen molar-refractivity contribution in [1.29, 1.82) is 5.26 Å². The Kier molecular flexibility index (Phi) is 4.13. The monoisotopic (exact) mass is 229 g/mol. The molecule has 1 aromatic rings. The predicted molar refractivity (Wildman–Crippen MR) is 68.5 cm³/mol. The van der Waals surface area contributed by atoms with Crippen molar-refractivity contribution in [3.8, 4) is 6.07 Å². The molecule has 1 aliphatic rings. The Morgan fingerprint density at radius 3 is 2.82 bits per heavy atom. The number of rotatable bonds is 2. The normalized spacial score (nSPS) is 18.6. The highest BCUT2D eigenvalue weighted by atomic mass is 15.2. The van der Waals surface area contributed by atoms with E-state index in [0.29, 0.717) is 0 Å². The zero-order valence-corrected chi connectivity index (χ0v) is 10.4. The van der Waals surface area contributed by atoms with Crippen LogP contribution in [0.4, 0.5) is 0 Å². The van der Waals surface area contributed by atoms with E-state index >= 15 is 0 Å². The molecule has 0 aromatic heterocycles. The summed E-state index contributed by atoms with van der Waals surface area (Å²) in [6, 6.07) is 10.2. The van der Waals surface area contributed by atoms with E-state index in [0.717, 1.165) is 37.3 Å². The summed E-state index contributed by atoms with van der Waals surface area (Å²) in [4.78, 5) is 4.82. The molecule has 1 aromatic carbocycles. The predicted octanol–water partition coefficient (Wildman–Crippen LogP) is 1.70.